The molecule has 3 N–H and O–H groups in total. The lowest BCUT2D eigenvalue weighted by Gasteiger charge is -2.08. The van der Waals surface area contributed by atoms with Gasteiger partial charge in [0.2, 0.25) is 15.7 Å². The molecule has 0 aliphatic carbocycles. The number of anilines is 1. The molecule has 0 aliphatic heterocycles. The molecule has 0 aliphatic rings. The van der Waals surface area contributed by atoms with E-state index in [2.05, 4.69) is 5.32 Å². The summed E-state index contributed by atoms with van der Waals surface area (Å²) < 4.78 is 47.7. The van der Waals surface area contributed by atoms with Gasteiger partial charge in [-0.2, -0.15) is 8.78 Å². The normalized spacial score (nSPS) is 11.1. The fourth-order valence-electron chi connectivity index (χ4n) is 1.86. The summed E-state index contributed by atoms with van der Waals surface area (Å²) in [5, 5.41) is 2.51. The van der Waals surface area contributed by atoms with Gasteiger partial charge in [0.1, 0.15) is 0 Å². The third-order valence-electron chi connectivity index (χ3n) is 3.04. The summed E-state index contributed by atoms with van der Waals surface area (Å²) in [5.74, 6) is -3.76. The lowest BCUT2D eigenvalue weighted by molar-refractivity contribution is -0.116. The number of alkyl halides is 2. The molecule has 0 saturated carbocycles. The molecule has 0 radical (unpaired) electrons. The minimum atomic E-state index is -4.66. The van der Waals surface area contributed by atoms with Crippen molar-refractivity contribution in [3.05, 3.63) is 24.3 Å². The molecule has 5 nitrogen and oxygen atoms in total. The van der Waals surface area contributed by atoms with Crippen LogP contribution in [0.25, 0.3) is 0 Å². The van der Waals surface area contributed by atoms with Crippen molar-refractivity contribution in [1.82, 2.24) is 0 Å². The highest BCUT2D eigenvalue weighted by Crippen LogP contribution is 2.21. The first kappa shape index (κ1) is 21.8. The van der Waals surface area contributed by atoms with Crippen LogP contribution < -0.4 is 11.1 Å². The summed E-state index contributed by atoms with van der Waals surface area (Å²) in [7, 11) is -4.66. The second kappa shape index (κ2) is 10.5. The van der Waals surface area contributed by atoms with Crippen LogP contribution in [0.4, 0.5) is 14.5 Å². The second-order valence-electron chi connectivity index (χ2n) is 4.83. The Morgan fingerprint density at radius 1 is 1.17 bits per heavy atom. The first-order chi connectivity index (χ1) is 10.4. The van der Waals surface area contributed by atoms with E-state index in [1.165, 1.54) is 12.1 Å². The zero-order chi connectivity index (χ0) is 16.6. The van der Waals surface area contributed by atoms with E-state index in [9.17, 15) is 22.0 Å². The number of halogens is 3. The Kier molecular flexibility index (Phi) is 9.94. The van der Waals surface area contributed by atoms with Crippen LogP contribution in [0, 0.1) is 0 Å². The molecule has 0 bridgehead atoms. The van der Waals surface area contributed by atoms with Crippen molar-refractivity contribution in [2.45, 2.75) is 42.8 Å². The molecule has 0 aromatic heterocycles. The molecule has 1 amide bonds. The van der Waals surface area contributed by atoms with E-state index in [0.29, 0.717) is 13.0 Å². The van der Waals surface area contributed by atoms with Crippen LogP contribution in [0.1, 0.15) is 32.1 Å². The molecule has 0 fully saturated rings. The number of sulfone groups is 1. The van der Waals surface area contributed by atoms with Gasteiger partial charge >= 0.3 is 5.76 Å². The van der Waals surface area contributed by atoms with Crippen molar-refractivity contribution in [2.75, 3.05) is 11.9 Å². The number of nitrogens with one attached hydrogen (secondary N) is 1. The maximum absolute atomic E-state index is 12.5. The summed E-state index contributed by atoms with van der Waals surface area (Å²) in [6.45, 7) is 0.623. The van der Waals surface area contributed by atoms with E-state index in [1.807, 2.05) is 0 Å². The average molecular weight is 371 g/mol. The zero-order valence-electron chi connectivity index (χ0n) is 12.5. The van der Waals surface area contributed by atoms with Crippen LogP contribution in [0.2, 0.25) is 0 Å². The largest absolute Gasteiger partial charge is 0.341 e. The first-order valence-electron chi connectivity index (χ1n) is 7.00. The van der Waals surface area contributed by atoms with Gasteiger partial charge in [0.25, 0.3) is 0 Å². The Labute approximate surface area is 141 Å². The van der Waals surface area contributed by atoms with Crippen molar-refractivity contribution < 1.29 is 22.0 Å². The number of nitrogens with two attached hydrogens (primary N) is 1. The molecule has 1 rings (SSSR count). The SMILES string of the molecule is Cl.NCCCCCCC(=O)Nc1cccc(S(=O)(=O)C(F)F)c1. The van der Waals surface area contributed by atoms with Crippen molar-refractivity contribution in [3.63, 3.8) is 0 Å². The highest BCUT2D eigenvalue weighted by Gasteiger charge is 2.26. The number of benzene rings is 1. The Bertz CT molecular complexity index is 597. The lowest BCUT2D eigenvalue weighted by atomic mass is 10.1. The summed E-state index contributed by atoms with van der Waals surface area (Å²) in [6, 6.07) is 4.88. The van der Waals surface area contributed by atoms with Crippen molar-refractivity contribution >= 4 is 33.8 Å². The predicted octanol–water partition coefficient (Wildman–Crippen LogP) is 2.95. The number of unbranched alkanes of at least 4 members (excludes halogenated alkanes) is 3. The molecular weight excluding hydrogens is 350 g/mol. The van der Waals surface area contributed by atoms with Gasteiger partial charge in [-0.25, -0.2) is 8.42 Å². The summed E-state index contributed by atoms with van der Waals surface area (Å²) in [4.78, 5) is 11.2. The van der Waals surface area contributed by atoms with Gasteiger partial charge in [0.05, 0.1) is 4.90 Å². The van der Waals surface area contributed by atoms with Crippen LogP contribution in [-0.2, 0) is 14.6 Å². The smallest absolute Gasteiger partial charge is 0.330 e. The molecule has 0 spiro atoms. The maximum atomic E-state index is 12.5. The predicted molar refractivity (Wildman–Crippen MR) is 87.6 cm³/mol. The summed E-state index contributed by atoms with van der Waals surface area (Å²) in [5.41, 5.74) is 5.55. The van der Waals surface area contributed by atoms with Gasteiger partial charge < -0.3 is 11.1 Å². The average Bonchev–Trinajstić information content (AvgIpc) is 2.47. The van der Waals surface area contributed by atoms with Crippen LogP contribution in [0.15, 0.2) is 29.2 Å². The van der Waals surface area contributed by atoms with Crippen molar-refractivity contribution in [2.24, 2.45) is 5.73 Å². The van der Waals surface area contributed by atoms with E-state index in [-0.39, 0.29) is 30.4 Å². The Morgan fingerprint density at radius 2 is 1.83 bits per heavy atom. The number of amides is 1. The van der Waals surface area contributed by atoms with Gasteiger partial charge in [-0.05, 0) is 37.6 Å². The topological polar surface area (TPSA) is 89.3 Å². The molecule has 1 aromatic rings. The van der Waals surface area contributed by atoms with E-state index in [4.69, 9.17) is 5.73 Å². The fourth-order valence-corrected chi connectivity index (χ4v) is 2.63. The van der Waals surface area contributed by atoms with Gasteiger partial charge in [-0.15, -0.1) is 12.4 Å². The van der Waals surface area contributed by atoms with Crippen LogP contribution in [0.3, 0.4) is 0 Å². The van der Waals surface area contributed by atoms with Crippen LogP contribution in [-0.4, -0.2) is 26.6 Å². The molecular formula is C14H21ClF2N2O3S. The maximum Gasteiger partial charge on any atom is 0.341 e. The molecule has 0 heterocycles. The number of rotatable bonds is 9. The Hall–Kier alpha value is -1.25. The molecule has 1 aromatic carbocycles. The van der Waals surface area contributed by atoms with Gasteiger partial charge in [0.15, 0.2) is 0 Å². The Morgan fingerprint density at radius 3 is 2.43 bits per heavy atom. The Balaban J connectivity index is 0.00000484. The monoisotopic (exact) mass is 370 g/mol. The standard InChI is InChI=1S/C14H20F2N2O3S.ClH/c15-14(16)22(20,21)12-7-5-6-11(10-12)18-13(19)8-3-1-2-4-9-17;/h5-7,10,14H,1-4,8-9,17H2,(H,18,19);1H. The first-order valence-corrected chi connectivity index (χ1v) is 8.54. The zero-order valence-corrected chi connectivity index (χ0v) is 14.1. The summed E-state index contributed by atoms with van der Waals surface area (Å²) in [6.07, 6.45) is 3.72. The third kappa shape index (κ3) is 7.24. The second-order valence-corrected chi connectivity index (χ2v) is 6.75. The van der Waals surface area contributed by atoms with Gasteiger partial charge in [-0.3, -0.25) is 4.79 Å². The molecule has 0 saturated heterocycles. The number of carbonyl (C=O) groups excluding carboxylic acids is 1. The van der Waals surface area contributed by atoms with Crippen molar-refractivity contribution in [3.8, 4) is 0 Å². The van der Waals surface area contributed by atoms with Crippen LogP contribution in [0.5, 0.6) is 0 Å². The van der Waals surface area contributed by atoms with E-state index < -0.39 is 20.5 Å². The van der Waals surface area contributed by atoms with Gasteiger partial charge in [0, 0.05) is 12.1 Å². The van der Waals surface area contributed by atoms with E-state index in [1.54, 1.807) is 0 Å². The molecule has 0 atom stereocenters. The summed E-state index contributed by atoms with van der Waals surface area (Å²) >= 11 is 0. The number of hydrogen-bond acceptors (Lipinski definition) is 4. The number of carbonyl (C=O) groups is 1. The fraction of sp³-hybridized carbons (Fsp3) is 0.500. The highest BCUT2D eigenvalue weighted by atomic mass is 35.5. The third-order valence-corrected chi connectivity index (χ3v) is 4.42. The molecule has 0 unspecified atom stereocenters. The van der Waals surface area contributed by atoms with Crippen molar-refractivity contribution in [1.29, 1.82) is 0 Å². The molecule has 9 heteroatoms. The van der Waals surface area contributed by atoms with E-state index in [0.717, 1.165) is 31.4 Å². The minimum absolute atomic E-state index is 0. The highest BCUT2D eigenvalue weighted by molar-refractivity contribution is 7.91. The molecule has 23 heavy (non-hydrogen) atoms. The quantitative estimate of drug-likeness (QED) is 0.654. The lowest BCUT2D eigenvalue weighted by Crippen LogP contribution is -2.14. The van der Waals surface area contributed by atoms with E-state index >= 15 is 0 Å². The minimum Gasteiger partial charge on any atom is -0.330 e. The van der Waals surface area contributed by atoms with Crippen LogP contribution >= 0.6 is 12.4 Å². The number of hydrogen-bond donors (Lipinski definition) is 2. The molecule has 132 valence electrons. The van der Waals surface area contributed by atoms with Gasteiger partial charge in [-0.1, -0.05) is 18.9 Å².